The molecular formula is C17H26IN5O3S. The van der Waals surface area contributed by atoms with Crippen molar-refractivity contribution in [3.8, 4) is 0 Å². The summed E-state index contributed by atoms with van der Waals surface area (Å²) >= 11 is 0. The van der Waals surface area contributed by atoms with Crippen LogP contribution in [-0.4, -0.2) is 39.0 Å². The largest absolute Gasteiger partial charge is 0.464 e. The van der Waals surface area contributed by atoms with Crippen LogP contribution >= 0.6 is 24.0 Å². The molecule has 0 saturated carbocycles. The smallest absolute Gasteiger partial charge is 0.242 e. The van der Waals surface area contributed by atoms with Crippen LogP contribution in [0, 0.1) is 6.92 Å². The van der Waals surface area contributed by atoms with E-state index in [4.69, 9.17) is 4.42 Å². The Morgan fingerprint density at radius 2 is 2.11 bits per heavy atom. The van der Waals surface area contributed by atoms with Crippen LogP contribution in [0.5, 0.6) is 0 Å². The van der Waals surface area contributed by atoms with Crippen molar-refractivity contribution in [3.63, 3.8) is 0 Å². The van der Waals surface area contributed by atoms with Crippen molar-refractivity contribution in [2.45, 2.75) is 31.7 Å². The van der Waals surface area contributed by atoms with Crippen LogP contribution < -0.4 is 15.4 Å². The minimum Gasteiger partial charge on any atom is -0.464 e. The van der Waals surface area contributed by atoms with Gasteiger partial charge in [-0.3, -0.25) is 9.98 Å². The maximum absolute atomic E-state index is 12.1. The van der Waals surface area contributed by atoms with Gasteiger partial charge in [0.1, 0.15) is 16.4 Å². The Hall–Kier alpha value is -1.66. The molecule has 0 amide bonds. The first-order chi connectivity index (χ1) is 12.4. The van der Waals surface area contributed by atoms with Gasteiger partial charge in [-0.05, 0) is 45.0 Å². The van der Waals surface area contributed by atoms with Gasteiger partial charge < -0.3 is 15.1 Å². The maximum Gasteiger partial charge on any atom is 0.242 e. The number of halogens is 1. The number of sulfonamides is 1. The van der Waals surface area contributed by atoms with E-state index in [1.807, 2.05) is 32.9 Å². The number of furan rings is 1. The fourth-order valence-corrected chi connectivity index (χ4v) is 3.20. The first-order valence-electron chi connectivity index (χ1n) is 8.43. The van der Waals surface area contributed by atoms with Gasteiger partial charge in [-0.15, -0.1) is 24.0 Å². The van der Waals surface area contributed by atoms with E-state index in [1.165, 1.54) is 18.5 Å². The predicted molar refractivity (Wildman–Crippen MR) is 116 cm³/mol. The van der Waals surface area contributed by atoms with Gasteiger partial charge in [0.2, 0.25) is 10.0 Å². The SMILES string of the molecule is CCNC(=NCCNS(=O)(=O)c1cccnc1)NC(C)c1ccc(C)o1.I. The summed E-state index contributed by atoms with van der Waals surface area (Å²) in [5.41, 5.74) is 0. The van der Waals surface area contributed by atoms with Crippen molar-refractivity contribution < 1.29 is 12.8 Å². The Bertz CT molecular complexity index is 824. The van der Waals surface area contributed by atoms with E-state index in [2.05, 4.69) is 25.3 Å². The lowest BCUT2D eigenvalue weighted by Gasteiger charge is -2.16. The average molecular weight is 507 g/mol. The van der Waals surface area contributed by atoms with Crippen LogP contribution in [0.25, 0.3) is 0 Å². The molecule has 0 aliphatic carbocycles. The number of aliphatic imine (C=N–C) groups is 1. The number of hydrogen-bond acceptors (Lipinski definition) is 5. The Morgan fingerprint density at radius 3 is 2.70 bits per heavy atom. The summed E-state index contributed by atoms with van der Waals surface area (Å²) in [5, 5.41) is 6.36. The third-order valence-electron chi connectivity index (χ3n) is 3.50. The van der Waals surface area contributed by atoms with E-state index in [9.17, 15) is 8.42 Å². The van der Waals surface area contributed by atoms with Crippen molar-refractivity contribution in [1.82, 2.24) is 20.3 Å². The van der Waals surface area contributed by atoms with Gasteiger partial charge >= 0.3 is 0 Å². The molecule has 10 heteroatoms. The van der Waals surface area contributed by atoms with Crippen LogP contribution in [0.1, 0.15) is 31.4 Å². The summed E-state index contributed by atoms with van der Waals surface area (Å²) < 4.78 is 32.4. The number of aryl methyl sites for hydroxylation is 1. The summed E-state index contributed by atoms with van der Waals surface area (Å²) in [7, 11) is -3.57. The highest BCUT2D eigenvalue weighted by Gasteiger charge is 2.13. The van der Waals surface area contributed by atoms with E-state index in [-0.39, 0.29) is 41.5 Å². The molecular weight excluding hydrogens is 481 g/mol. The zero-order chi connectivity index (χ0) is 19.0. The van der Waals surface area contributed by atoms with Crippen LogP contribution in [0.2, 0.25) is 0 Å². The second kappa shape index (κ2) is 11.2. The summed E-state index contributed by atoms with van der Waals surface area (Å²) in [6.07, 6.45) is 2.84. The highest BCUT2D eigenvalue weighted by molar-refractivity contribution is 14.0. The van der Waals surface area contributed by atoms with Crippen LogP contribution in [0.4, 0.5) is 0 Å². The van der Waals surface area contributed by atoms with Crippen LogP contribution in [0.15, 0.2) is 51.0 Å². The number of aromatic nitrogens is 1. The Kier molecular flexibility index (Phi) is 9.74. The third kappa shape index (κ3) is 7.46. The van der Waals surface area contributed by atoms with Crippen molar-refractivity contribution in [1.29, 1.82) is 0 Å². The molecule has 8 nitrogen and oxygen atoms in total. The quantitative estimate of drug-likeness (QED) is 0.219. The molecule has 0 aliphatic rings. The van der Waals surface area contributed by atoms with E-state index in [0.29, 0.717) is 19.0 Å². The number of nitrogens with zero attached hydrogens (tertiary/aromatic N) is 2. The molecule has 0 saturated heterocycles. The average Bonchev–Trinajstić information content (AvgIpc) is 3.06. The number of hydrogen-bond donors (Lipinski definition) is 3. The van der Waals surface area contributed by atoms with E-state index >= 15 is 0 Å². The zero-order valence-electron chi connectivity index (χ0n) is 15.6. The van der Waals surface area contributed by atoms with Crippen molar-refractivity contribution in [2.24, 2.45) is 4.99 Å². The van der Waals surface area contributed by atoms with Crippen LogP contribution in [-0.2, 0) is 10.0 Å². The molecule has 150 valence electrons. The summed E-state index contributed by atoms with van der Waals surface area (Å²) in [5.74, 6) is 2.25. The highest BCUT2D eigenvalue weighted by Crippen LogP contribution is 2.15. The zero-order valence-corrected chi connectivity index (χ0v) is 18.7. The second-order valence-corrected chi connectivity index (χ2v) is 7.43. The van der Waals surface area contributed by atoms with Gasteiger partial charge in [0, 0.05) is 25.5 Å². The van der Waals surface area contributed by atoms with E-state index in [0.717, 1.165) is 11.5 Å². The molecule has 0 bridgehead atoms. The number of nitrogens with one attached hydrogen (secondary N) is 3. The molecule has 2 rings (SSSR count). The first kappa shape index (κ1) is 23.4. The molecule has 1 atom stereocenters. The molecule has 0 fully saturated rings. The van der Waals surface area contributed by atoms with Gasteiger partial charge in [-0.2, -0.15) is 0 Å². The summed E-state index contributed by atoms with van der Waals surface area (Å²) in [6.45, 7) is 6.99. The maximum atomic E-state index is 12.1. The molecule has 0 spiro atoms. The van der Waals surface area contributed by atoms with Gasteiger partial charge in [0.15, 0.2) is 5.96 Å². The molecule has 2 aromatic heterocycles. The predicted octanol–water partition coefficient (Wildman–Crippen LogP) is 2.20. The number of guanidine groups is 1. The Morgan fingerprint density at radius 1 is 1.33 bits per heavy atom. The topological polar surface area (TPSA) is 109 Å². The molecule has 27 heavy (non-hydrogen) atoms. The van der Waals surface area contributed by atoms with Crippen molar-refractivity contribution in [3.05, 3.63) is 48.2 Å². The minimum absolute atomic E-state index is 0. The molecule has 2 aromatic rings. The second-order valence-electron chi connectivity index (χ2n) is 5.66. The van der Waals surface area contributed by atoms with Crippen molar-refractivity contribution in [2.75, 3.05) is 19.6 Å². The molecule has 2 heterocycles. The number of pyridine rings is 1. The summed E-state index contributed by atoms with van der Waals surface area (Å²) in [6, 6.07) is 6.84. The third-order valence-corrected chi connectivity index (χ3v) is 4.95. The summed E-state index contributed by atoms with van der Waals surface area (Å²) in [4.78, 5) is 8.35. The monoisotopic (exact) mass is 507 g/mol. The fourth-order valence-electron chi connectivity index (χ4n) is 2.22. The minimum atomic E-state index is -3.57. The molecule has 0 radical (unpaired) electrons. The molecule has 0 aromatic carbocycles. The molecule has 1 unspecified atom stereocenters. The lowest BCUT2D eigenvalue weighted by atomic mass is 10.2. The Labute approximate surface area is 177 Å². The van der Waals surface area contributed by atoms with Gasteiger partial charge in [0.05, 0.1) is 12.6 Å². The molecule has 3 N–H and O–H groups in total. The lowest BCUT2D eigenvalue weighted by Crippen LogP contribution is -2.39. The van der Waals surface area contributed by atoms with Crippen molar-refractivity contribution >= 4 is 40.0 Å². The molecule has 0 aliphatic heterocycles. The first-order valence-corrected chi connectivity index (χ1v) is 9.91. The Balaban J connectivity index is 0.00000364. The van der Waals surface area contributed by atoms with Gasteiger partial charge in [0.25, 0.3) is 0 Å². The van der Waals surface area contributed by atoms with Crippen LogP contribution in [0.3, 0.4) is 0 Å². The highest BCUT2D eigenvalue weighted by atomic mass is 127. The number of rotatable bonds is 8. The van der Waals surface area contributed by atoms with E-state index < -0.39 is 10.0 Å². The van der Waals surface area contributed by atoms with Gasteiger partial charge in [-0.1, -0.05) is 0 Å². The van der Waals surface area contributed by atoms with E-state index in [1.54, 1.807) is 6.07 Å². The van der Waals surface area contributed by atoms with Gasteiger partial charge in [-0.25, -0.2) is 13.1 Å². The normalized spacial score (nSPS) is 12.9. The standard InChI is InChI=1S/C17H25N5O3S.HI/c1-4-19-17(22-14(3)16-8-7-13(2)25-16)20-10-11-21-26(23,24)15-6-5-9-18-12-15;/h5-9,12,14,21H,4,10-11H2,1-3H3,(H2,19,20,22);1H. The lowest BCUT2D eigenvalue weighted by molar-refractivity contribution is 0.441. The fraction of sp³-hybridized carbons (Fsp3) is 0.412.